The smallest absolute Gasteiger partial charge is 0.305 e. The van der Waals surface area contributed by atoms with Gasteiger partial charge in [-0.1, -0.05) is 6.42 Å². The average Bonchev–Trinajstić information content (AvgIpc) is 2.35. The molecule has 1 fully saturated rings. The topological polar surface area (TPSA) is 49.8 Å². The molecule has 1 aliphatic rings. The second-order valence-electron chi connectivity index (χ2n) is 4.63. The van der Waals surface area contributed by atoms with Gasteiger partial charge in [0.05, 0.1) is 13.2 Å². The fourth-order valence-electron chi connectivity index (χ4n) is 2.38. The van der Waals surface area contributed by atoms with E-state index >= 15 is 0 Å². The lowest BCUT2D eigenvalue weighted by atomic mass is 10.0. The standard InChI is InChI=1S/C13H25NO3/c1-2-17-13(16)8-4-6-10-14-9-5-3-7-12(14)11-15/h12,15H,2-11H2,1H3. The van der Waals surface area contributed by atoms with Gasteiger partial charge in [-0.3, -0.25) is 9.69 Å². The summed E-state index contributed by atoms with van der Waals surface area (Å²) >= 11 is 0. The van der Waals surface area contributed by atoms with E-state index in [4.69, 9.17) is 4.74 Å². The molecule has 0 amide bonds. The molecule has 1 heterocycles. The summed E-state index contributed by atoms with van der Waals surface area (Å²) < 4.78 is 4.88. The van der Waals surface area contributed by atoms with E-state index in [-0.39, 0.29) is 12.6 Å². The van der Waals surface area contributed by atoms with Crippen molar-refractivity contribution in [3.05, 3.63) is 0 Å². The summed E-state index contributed by atoms with van der Waals surface area (Å²) in [5, 5.41) is 9.26. The van der Waals surface area contributed by atoms with Crippen LogP contribution in [0.25, 0.3) is 0 Å². The number of likely N-dealkylation sites (tertiary alicyclic amines) is 1. The fourth-order valence-corrected chi connectivity index (χ4v) is 2.38. The van der Waals surface area contributed by atoms with Crippen molar-refractivity contribution >= 4 is 5.97 Å². The number of carbonyl (C=O) groups is 1. The predicted octanol–water partition coefficient (Wildman–Crippen LogP) is 1.57. The molecule has 0 spiro atoms. The largest absolute Gasteiger partial charge is 0.466 e. The summed E-state index contributed by atoms with van der Waals surface area (Å²) in [4.78, 5) is 13.5. The number of piperidine rings is 1. The Bertz CT molecular complexity index is 221. The van der Waals surface area contributed by atoms with Gasteiger partial charge in [-0.15, -0.1) is 0 Å². The molecule has 4 heteroatoms. The van der Waals surface area contributed by atoms with E-state index in [9.17, 15) is 9.90 Å². The molecule has 1 aliphatic heterocycles. The van der Waals surface area contributed by atoms with E-state index < -0.39 is 0 Å². The highest BCUT2D eigenvalue weighted by Crippen LogP contribution is 2.17. The molecular weight excluding hydrogens is 218 g/mol. The molecule has 0 aromatic carbocycles. The SMILES string of the molecule is CCOC(=O)CCCCN1CCCCC1CO. The zero-order valence-electron chi connectivity index (χ0n) is 10.9. The number of unbranched alkanes of at least 4 members (excludes halogenated alkanes) is 1. The highest BCUT2D eigenvalue weighted by Gasteiger charge is 2.20. The molecule has 1 saturated heterocycles. The Balaban J connectivity index is 2.10. The zero-order chi connectivity index (χ0) is 12.5. The molecular formula is C13H25NO3. The Morgan fingerprint density at radius 2 is 2.24 bits per heavy atom. The van der Waals surface area contributed by atoms with Crippen LogP contribution in [0.15, 0.2) is 0 Å². The van der Waals surface area contributed by atoms with E-state index in [1.807, 2.05) is 6.92 Å². The summed E-state index contributed by atoms with van der Waals surface area (Å²) in [6.45, 7) is 4.64. The predicted molar refractivity (Wildman–Crippen MR) is 66.8 cm³/mol. The third-order valence-corrected chi connectivity index (χ3v) is 3.34. The maximum absolute atomic E-state index is 11.1. The molecule has 0 bridgehead atoms. The van der Waals surface area contributed by atoms with Gasteiger partial charge in [0.15, 0.2) is 0 Å². The number of nitrogens with zero attached hydrogens (tertiary/aromatic N) is 1. The minimum atomic E-state index is -0.0927. The Hall–Kier alpha value is -0.610. The first-order chi connectivity index (χ1) is 8.27. The van der Waals surface area contributed by atoms with Crippen molar-refractivity contribution in [1.29, 1.82) is 0 Å². The highest BCUT2D eigenvalue weighted by atomic mass is 16.5. The van der Waals surface area contributed by atoms with Gasteiger partial charge in [0, 0.05) is 12.5 Å². The van der Waals surface area contributed by atoms with Crippen molar-refractivity contribution in [3.63, 3.8) is 0 Å². The molecule has 0 saturated carbocycles. The van der Waals surface area contributed by atoms with Crippen molar-refractivity contribution in [2.75, 3.05) is 26.3 Å². The second-order valence-corrected chi connectivity index (χ2v) is 4.63. The van der Waals surface area contributed by atoms with Crippen LogP contribution in [0.3, 0.4) is 0 Å². The van der Waals surface area contributed by atoms with Gasteiger partial charge < -0.3 is 9.84 Å². The molecule has 0 radical (unpaired) electrons. The Morgan fingerprint density at radius 3 is 2.94 bits per heavy atom. The maximum atomic E-state index is 11.1. The van der Waals surface area contributed by atoms with Crippen LogP contribution >= 0.6 is 0 Å². The van der Waals surface area contributed by atoms with Gasteiger partial charge in [-0.05, 0) is 45.7 Å². The minimum absolute atomic E-state index is 0.0927. The molecule has 1 rings (SSSR count). The molecule has 1 unspecified atom stereocenters. The Kier molecular flexibility index (Phi) is 7.21. The van der Waals surface area contributed by atoms with Crippen LogP contribution in [-0.4, -0.2) is 48.3 Å². The molecule has 0 aromatic heterocycles. The van der Waals surface area contributed by atoms with Crippen molar-refractivity contribution in [3.8, 4) is 0 Å². The first-order valence-electron chi connectivity index (χ1n) is 6.78. The van der Waals surface area contributed by atoms with E-state index in [1.54, 1.807) is 0 Å². The molecule has 100 valence electrons. The van der Waals surface area contributed by atoms with Gasteiger partial charge in [-0.25, -0.2) is 0 Å². The van der Waals surface area contributed by atoms with Gasteiger partial charge >= 0.3 is 5.97 Å². The zero-order valence-corrected chi connectivity index (χ0v) is 10.9. The van der Waals surface area contributed by atoms with Crippen LogP contribution in [0.4, 0.5) is 0 Å². The van der Waals surface area contributed by atoms with Crippen molar-refractivity contribution < 1.29 is 14.6 Å². The molecule has 1 N–H and O–H groups in total. The molecule has 4 nitrogen and oxygen atoms in total. The lowest BCUT2D eigenvalue weighted by Crippen LogP contribution is -2.42. The third kappa shape index (κ3) is 5.50. The fraction of sp³-hybridized carbons (Fsp3) is 0.923. The number of rotatable bonds is 7. The van der Waals surface area contributed by atoms with Crippen LogP contribution in [0, 0.1) is 0 Å². The molecule has 1 atom stereocenters. The van der Waals surface area contributed by atoms with Gasteiger partial charge in [0.2, 0.25) is 0 Å². The lowest BCUT2D eigenvalue weighted by molar-refractivity contribution is -0.143. The van der Waals surface area contributed by atoms with E-state index in [0.29, 0.717) is 19.1 Å². The summed E-state index contributed by atoms with van der Waals surface area (Å²) in [5.41, 5.74) is 0. The number of hydrogen-bond acceptors (Lipinski definition) is 4. The summed E-state index contributed by atoms with van der Waals surface area (Å²) in [6.07, 6.45) is 5.97. The van der Waals surface area contributed by atoms with Crippen LogP contribution in [0.5, 0.6) is 0 Å². The summed E-state index contributed by atoms with van der Waals surface area (Å²) in [7, 11) is 0. The van der Waals surface area contributed by atoms with Gasteiger partial charge in [0.1, 0.15) is 0 Å². The maximum Gasteiger partial charge on any atom is 0.305 e. The van der Waals surface area contributed by atoms with Crippen molar-refractivity contribution in [2.24, 2.45) is 0 Å². The normalized spacial score (nSPS) is 21.4. The number of aliphatic hydroxyl groups is 1. The first kappa shape index (κ1) is 14.5. The van der Waals surface area contributed by atoms with Gasteiger partial charge in [-0.2, -0.15) is 0 Å². The van der Waals surface area contributed by atoms with Crippen LogP contribution in [0.2, 0.25) is 0 Å². The second kappa shape index (κ2) is 8.48. The van der Waals surface area contributed by atoms with Crippen LogP contribution < -0.4 is 0 Å². The highest BCUT2D eigenvalue weighted by molar-refractivity contribution is 5.69. The Labute approximate surface area is 104 Å². The van der Waals surface area contributed by atoms with Gasteiger partial charge in [0.25, 0.3) is 0 Å². The Morgan fingerprint density at radius 1 is 1.41 bits per heavy atom. The number of carbonyl (C=O) groups excluding carboxylic acids is 1. The van der Waals surface area contributed by atoms with Crippen LogP contribution in [0.1, 0.15) is 45.4 Å². The molecule has 0 aromatic rings. The summed E-state index contributed by atoms with van der Waals surface area (Å²) in [5.74, 6) is -0.0927. The number of aliphatic hydroxyl groups excluding tert-OH is 1. The number of ether oxygens (including phenoxy) is 1. The quantitative estimate of drug-likeness (QED) is 0.544. The number of esters is 1. The first-order valence-corrected chi connectivity index (χ1v) is 6.78. The lowest BCUT2D eigenvalue weighted by Gasteiger charge is -2.34. The average molecular weight is 243 g/mol. The van der Waals surface area contributed by atoms with E-state index in [1.165, 1.54) is 12.8 Å². The minimum Gasteiger partial charge on any atom is -0.466 e. The van der Waals surface area contributed by atoms with E-state index in [0.717, 1.165) is 32.4 Å². The third-order valence-electron chi connectivity index (χ3n) is 3.34. The van der Waals surface area contributed by atoms with E-state index in [2.05, 4.69) is 4.90 Å². The monoisotopic (exact) mass is 243 g/mol. The van der Waals surface area contributed by atoms with Crippen LogP contribution in [-0.2, 0) is 9.53 Å². The van der Waals surface area contributed by atoms with Crippen molar-refractivity contribution in [2.45, 2.75) is 51.5 Å². The summed E-state index contributed by atoms with van der Waals surface area (Å²) in [6, 6.07) is 0.339. The molecule has 17 heavy (non-hydrogen) atoms. The van der Waals surface area contributed by atoms with Crippen molar-refractivity contribution in [1.82, 2.24) is 4.90 Å². The molecule has 0 aliphatic carbocycles. The number of hydrogen-bond donors (Lipinski definition) is 1.